The van der Waals surface area contributed by atoms with Gasteiger partial charge in [0.25, 0.3) is 0 Å². The van der Waals surface area contributed by atoms with Gasteiger partial charge in [-0.15, -0.1) is 0 Å². The third-order valence-corrected chi connectivity index (χ3v) is 1.84. The van der Waals surface area contributed by atoms with Gasteiger partial charge >= 0.3 is 0 Å². The highest BCUT2D eigenvalue weighted by Crippen LogP contribution is 2.01. The summed E-state index contributed by atoms with van der Waals surface area (Å²) in [4.78, 5) is 20.3. The van der Waals surface area contributed by atoms with E-state index in [1.807, 2.05) is 20.8 Å². The minimum Gasteiger partial charge on any atom is -0.385 e. The smallest absolute Gasteiger partial charge is 0.161 e. The van der Waals surface area contributed by atoms with Crippen LogP contribution in [0.2, 0.25) is 0 Å². The van der Waals surface area contributed by atoms with Crippen molar-refractivity contribution in [3.63, 3.8) is 0 Å². The Kier molecular flexibility index (Phi) is 14.8. The number of unbranched alkanes of at least 4 members (excludes halogenated alkanes) is 1. The molecule has 0 fully saturated rings. The Labute approximate surface area is 92.9 Å². The molecule has 1 unspecified atom stereocenters. The van der Waals surface area contributed by atoms with Gasteiger partial charge in [0, 0.05) is 12.8 Å². The van der Waals surface area contributed by atoms with Crippen LogP contribution in [0, 0.1) is 0 Å². The van der Waals surface area contributed by atoms with Gasteiger partial charge in [-0.05, 0) is 19.3 Å². The Bertz CT molecular complexity index is 155. The number of rotatable bonds is 7. The second kappa shape index (κ2) is 13.3. The van der Waals surface area contributed by atoms with Crippen LogP contribution in [0.25, 0.3) is 0 Å². The van der Waals surface area contributed by atoms with Gasteiger partial charge in [-0.1, -0.05) is 27.2 Å². The first-order valence-corrected chi connectivity index (χ1v) is 5.78. The van der Waals surface area contributed by atoms with E-state index in [4.69, 9.17) is 5.11 Å². The summed E-state index contributed by atoms with van der Waals surface area (Å²) in [6, 6.07) is 0. The first kappa shape index (κ1) is 16.7. The molecular formula is C12H24O3. The van der Waals surface area contributed by atoms with Crippen LogP contribution in [-0.4, -0.2) is 23.3 Å². The van der Waals surface area contributed by atoms with Crippen molar-refractivity contribution in [3.05, 3.63) is 0 Å². The van der Waals surface area contributed by atoms with Gasteiger partial charge in [0.15, 0.2) is 5.78 Å². The van der Waals surface area contributed by atoms with Crippen molar-refractivity contribution in [2.24, 2.45) is 0 Å². The number of carbonyl (C=O) groups is 2. The fourth-order valence-electron chi connectivity index (χ4n) is 0.965. The molecule has 3 nitrogen and oxygen atoms in total. The molecule has 90 valence electrons. The Morgan fingerprint density at radius 1 is 1.20 bits per heavy atom. The molecule has 0 aliphatic carbocycles. The van der Waals surface area contributed by atoms with E-state index in [0.717, 1.165) is 25.5 Å². The third-order valence-electron chi connectivity index (χ3n) is 1.84. The van der Waals surface area contributed by atoms with E-state index >= 15 is 0 Å². The lowest BCUT2D eigenvalue weighted by Gasteiger charge is -2.05. The maximum atomic E-state index is 10.9. The zero-order valence-electron chi connectivity index (χ0n) is 10.2. The van der Waals surface area contributed by atoms with Crippen LogP contribution >= 0.6 is 0 Å². The minimum absolute atomic E-state index is 0.00986. The highest BCUT2D eigenvalue weighted by molar-refractivity contribution is 5.82. The summed E-state index contributed by atoms with van der Waals surface area (Å²) in [5, 5.41) is 9.10. The zero-order chi connectivity index (χ0) is 12.1. The topological polar surface area (TPSA) is 54.4 Å². The standard InChI is InChI=1S/C8H16O2.C4H8O/c1-3-5-7(9)8(10)6-4-2;1-2-3-4-5/h7,9H,3-6H2,1-2H3;4H,2-3H2,1H3. The number of aliphatic hydroxyl groups is 1. The highest BCUT2D eigenvalue weighted by atomic mass is 16.3. The van der Waals surface area contributed by atoms with Gasteiger partial charge in [0.1, 0.15) is 12.4 Å². The van der Waals surface area contributed by atoms with Gasteiger partial charge in [-0.25, -0.2) is 0 Å². The van der Waals surface area contributed by atoms with Gasteiger partial charge in [-0.3, -0.25) is 4.79 Å². The largest absolute Gasteiger partial charge is 0.385 e. The first-order valence-electron chi connectivity index (χ1n) is 5.78. The van der Waals surface area contributed by atoms with Crippen molar-refractivity contribution >= 4 is 12.1 Å². The molecule has 0 aliphatic heterocycles. The molecule has 0 bridgehead atoms. The number of carbonyl (C=O) groups excluding carboxylic acids is 2. The number of ketones is 1. The van der Waals surface area contributed by atoms with Crippen LogP contribution in [0.4, 0.5) is 0 Å². The Morgan fingerprint density at radius 2 is 1.80 bits per heavy atom. The minimum atomic E-state index is -0.704. The van der Waals surface area contributed by atoms with Gasteiger partial charge in [0.05, 0.1) is 0 Å². The fourth-order valence-corrected chi connectivity index (χ4v) is 0.965. The monoisotopic (exact) mass is 216 g/mol. The molecule has 0 saturated carbocycles. The molecule has 0 aromatic rings. The van der Waals surface area contributed by atoms with Gasteiger partial charge in [0.2, 0.25) is 0 Å². The molecule has 0 aromatic carbocycles. The molecule has 0 spiro atoms. The lowest BCUT2D eigenvalue weighted by molar-refractivity contribution is -0.127. The van der Waals surface area contributed by atoms with Crippen LogP contribution in [0.15, 0.2) is 0 Å². The molecule has 1 N–H and O–H groups in total. The Balaban J connectivity index is 0. The van der Waals surface area contributed by atoms with Gasteiger partial charge in [-0.2, -0.15) is 0 Å². The summed E-state index contributed by atoms with van der Waals surface area (Å²) >= 11 is 0. The van der Waals surface area contributed by atoms with Crippen LogP contribution < -0.4 is 0 Å². The average Bonchev–Trinajstić information content (AvgIpc) is 2.20. The summed E-state index contributed by atoms with van der Waals surface area (Å²) in [6.45, 7) is 5.88. The molecule has 3 heteroatoms. The maximum Gasteiger partial charge on any atom is 0.161 e. The molecule has 0 saturated heterocycles. The van der Waals surface area contributed by atoms with Crippen molar-refractivity contribution in [3.8, 4) is 0 Å². The molecule has 15 heavy (non-hydrogen) atoms. The molecule has 0 heterocycles. The van der Waals surface area contributed by atoms with Crippen molar-refractivity contribution in [1.29, 1.82) is 0 Å². The van der Waals surface area contributed by atoms with E-state index in [1.54, 1.807) is 0 Å². The number of aldehydes is 1. The molecular weight excluding hydrogens is 192 g/mol. The second-order valence-electron chi connectivity index (χ2n) is 3.48. The van der Waals surface area contributed by atoms with E-state index in [9.17, 15) is 9.59 Å². The highest BCUT2D eigenvalue weighted by Gasteiger charge is 2.11. The summed E-state index contributed by atoms with van der Waals surface area (Å²) in [5.41, 5.74) is 0. The van der Waals surface area contributed by atoms with Crippen molar-refractivity contribution in [1.82, 2.24) is 0 Å². The number of hydrogen-bond donors (Lipinski definition) is 1. The number of hydrogen-bond acceptors (Lipinski definition) is 3. The van der Waals surface area contributed by atoms with Crippen LogP contribution in [0.1, 0.15) is 59.3 Å². The second-order valence-corrected chi connectivity index (χ2v) is 3.48. The lowest BCUT2D eigenvalue weighted by Crippen LogP contribution is -2.19. The van der Waals surface area contributed by atoms with E-state index in [1.165, 1.54) is 0 Å². The molecule has 0 aromatic heterocycles. The summed E-state index contributed by atoms with van der Waals surface area (Å²) in [6.07, 6.45) is 4.74. The predicted octanol–water partition coefficient (Wildman–Crippen LogP) is 2.50. The lowest BCUT2D eigenvalue weighted by atomic mass is 10.1. The normalized spacial score (nSPS) is 11.2. The summed E-state index contributed by atoms with van der Waals surface area (Å²) < 4.78 is 0. The van der Waals surface area contributed by atoms with E-state index in [0.29, 0.717) is 19.3 Å². The molecule has 0 radical (unpaired) electrons. The summed E-state index contributed by atoms with van der Waals surface area (Å²) in [7, 11) is 0. The van der Waals surface area contributed by atoms with Crippen LogP contribution in [0.3, 0.4) is 0 Å². The molecule has 1 atom stereocenters. The number of aliphatic hydroxyl groups excluding tert-OH is 1. The Morgan fingerprint density at radius 3 is 2.07 bits per heavy atom. The van der Waals surface area contributed by atoms with E-state index in [2.05, 4.69) is 0 Å². The van der Waals surface area contributed by atoms with Crippen LogP contribution in [0.5, 0.6) is 0 Å². The SMILES string of the molecule is CCCC(=O)C(O)CCC.CCCC=O. The van der Waals surface area contributed by atoms with Crippen molar-refractivity contribution < 1.29 is 14.7 Å². The average molecular weight is 216 g/mol. The van der Waals surface area contributed by atoms with Crippen molar-refractivity contribution in [2.75, 3.05) is 0 Å². The van der Waals surface area contributed by atoms with Crippen molar-refractivity contribution in [2.45, 2.75) is 65.4 Å². The third kappa shape index (κ3) is 13.3. The van der Waals surface area contributed by atoms with E-state index in [-0.39, 0.29) is 5.78 Å². The van der Waals surface area contributed by atoms with Crippen LogP contribution in [-0.2, 0) is 9.59 Å². The predicted molar refractivity (Wildman–Crippen MR) is 61.8 cm³/mol. The zero-order valence-corrected chi connectivity index (χ0v) is 10.2. The quantitative estimate of drug-likeness (QED) is 0.665. The first-order chi connectivity index (χ1) is 7.13. The Hall–Kier alpha value is -0.700. The molecule has 0 rings (SSSR count). The summed E-state index contributed by atoms with van der Waals surface area (Å²) in [5.74, 6) is -0.00986. The van der Waals surface area contributed by atoms with E-state index < -0.39 is 6.10 Å². The number of Topliss-reactive ketones (excluding diaryl/α,β-unsaturated/α-hetero) is 1. The maximum absolute atomic E-state index is 10.9. The molecule has 0 amide bonds. The fraction of sp³-hybridized carbons (Fsp3) is 0.833. The van der Waals surface area contributed by atoms with Gasteiger partial charge < -0.3 is 9.90 Å². The molecule has 0 aliphatic rings.